The predicted molar refractivity (Wildman–Crippen MR) is 76.8 cm³/mol. The van der Waals surface area contributed by atoms with Crippen molar-refractivity contribution in [3.05, 3.63) is 30.2 Å². The van der Waals surface area contributed by atoms with Crippen molar-refractivity contribution in [1.29, 1.82) is 0 Å². The van der Waals surface area contributed by atoms with Gasteiger partial charge < -0.3 is 10.2 Å². The van der Waals surface area contributed by atoms with Crippen LogP contribution >= 0.6 is 0 Å². The maximum Gasteiger partial charge on any atom is 0.137 e. The summed E-state index contributed by atoms with van der Waals surface area (Å²) in [4.78, 5) is 11.1. The largest absolute Gasteiger partial charge is 0.348 e. The van der Waals surface area contributed by atoms with Gasteiger partial charge in [-0.25, -0.2) is 9.97 Å². The van der Waals surface area contributed by atoms with E-state index in [9.17, 15) is 0 Å². The van der Waals surface area contributed by atoms with Gasteiger partial charge in [0, 0.05) is 30.4 Å². The quantitative estimate of drug-likeness (QED) is 0.812. The van der Waals surface area contributed by atoms with Crippen LogP contribution < -0.4 is 10.2 Å². The Morgan fingerprint density at radius 1 is 1.44 bits per heavy atom. The Hall–Kier alpha value is -1.42. The van der Waals surface area contributed by atoms with Gasteiger partial charge in [0.15, 0.2) is 0 Å². The van der Waals surface area contributed by atoms with Crippen LogP contribution in [0.4, 0.5) is 5.82 Å². The molecular formula is C14H24N4. The van der Waals surface area contributed by atoms with Crippen molar-refractivity contribution in [3.63, 3.8) is 0 Å². The van der Waals surface area contributed by atoms with E-state index in [1.807, 2.05) is 26.2 Å². The third-order valence-corrected chi connectivity index (χ3v) is 2.71. The second-order valence-corrected chi connectivity index (χ2v) is 5.37. The molecule has 0 fully saturated rings. The highest BCUT2D eigenvalue weighted by molar-refractivity contribution is 5.49. The lowest BCUT2D eigenvalue weighted by molar-refractivity contribution is 0.513. The van der Waals surface area contributed by atoms with Gasteiger partial charge in [0.25, 0.3) is 0 Å². The minimum Gasteiger partial charge on any atom is -0.348 e. The molecular weight excluding hydrogens is 224 g/mol. The molecule has 0 atom stereocenters. The van der Waals surface area contributed by atoms with Crippen molar-refractivity contribution in [2.45, 2.75) is 39.8 Å². The molecule has 0 bridgehead atoms. The van der Waals surface area contributed by atoms with Crippen molar-refractivity contribution in [1.82, 2.24) is 15.3 Å². The number of hydrogen-bond donors (Lipinski definition) is 1. The molecule has 0 aliphatic heterocycles. The topological polar surface area (TPSA) is 41.1 Å². The molecule has 4 heteroatoms. The summed E-state index contributed by atoms with van der Waals surface area (Å²) in [7, 11) is 1.93. The molecule has 1 rings (SSSR count). The van der Waals surface area contributed by atoms with E-state index in [0.29, 0.717) is 0 Å². The summed E-state index contributed by atoms with van der Waals surface area (Å²) >= 11 is 0. The Morgan fingerprint density at radius 3 is 2.61 bits per heavy atom. The fourth-order valence-corrected chi connectivity index (χ4v) is 1.84. The number of hydrogen-bond acceptors (Lipinski definition) is 4. The molecule has 100 valence electrons. The van der Waals surface area contributed by atoms with Gasteiger partial charge >= 0.3 is 0 Å². The molecule has 1 N–H and O–H groups in total. The maximum atomic E-state index is 4.60. The van der Waals surface area contributed by atoms with Crippen molar-refractivity contribution >= 4 is 5.82 Å². The third-order valence-electron chi connectivity index (χ3n) is 2.71. The molecule has 0 unspecified atom stereocenters. The van der Waals surface area contributed by atoms with E-state index in [1.165, 1.54) is 0 Å². The Labute approximate surface area is 110 Å². The van der Waals surface area contributed by atoms with E-state index >= 15 is 0 Å². The van der Waals surface area contributed by atoms with E-state index < -0.39 is 0 Å². The van der Waals surface area contributed by atoms with E-state index in [-0.39, 0.29) is 5.54 Å². The SMILES string of the molecule is C=CCN(c1nc(C)ncc1CNC)C(C)(C)C. The Morgan fingerprint density at radius 2 is 2.11 bits per heavy atom. The average Bonchev–Trinajstić information content (AvgIpc) is 2.27. The van der Waals surface area contributed by atoms with Crippen LogP contribution in [0.2, 0.25) is 0 Å². The molecule has 1 aromatic heterocycles. The fraction of sp³-hybridized carbons (Fsp3) is 0.571. The monoisotopic (exact) mass is 248 g/mol. The molecule has 4 nitrogen and oxygen atoms in total. The summed E-state index contributed by atoms with van der Waals surface area (Å²) in [5, 5.41) is 3.16. The van der Waals surface area contributed by atoms with Crippen LogP contribution in [0, 0.1) is 6.92 Å². The van der Waals surface area contributed by atoms with Crippen LogP contribution in [0.3, 0.4) is 0 Å². The van der Waals surface area contributed by atoms with Crippen LogP contribution in [0.15, 0.2) is 18.9 Å². The lowest BCUT2D eigenvalue weighted by Gasteiger charge is -2.37. The maximum absolute atomic E-state index is 4.60. The van der Waals surface area contributed by atoms with Gasteiger partial charge in [-0.2, -0.15) is 0 Å². The lowest BCUT2D eigenvalue weighted by atomic mass is 10.0. The zero-order valence-electron chi connectivity index (χ0n) is 12.1. The lowest BCUT2D eigenvalue weighted by Crippen LogP contribution is -2.43. The molecule has 0 saturated heterocycles. The third kappa shape index (κ3) is 3.53. The van der Waals surface area contributed by atoms with Crippen LogP contribution in [0.5, 0.6) is 0 Å². The highest BCUT2D eigenvalue weighted by atomic mass is 15.2. The van der Waals surface area contributed by atoms with Crippen molar-refractivity contribution in [3.8, 4) is 0 Å². The normalized spacial score (nSPS) is 11.4. The Kier molecular flexibility index (Phi) is 4.84. The summed E-state index contributed by atoms with van der Waals surface area (Å²) < 4.78 is 0. The molecule has 0 saturated carbocycles. The van der Waals surface area contributed by atoms with E-state index in [2.05, 4.69) is 47.5 Å². The summed E-state index contributed by atoms with van der Waals surface area (Å²) in [5.41, 5.74) is 1.11. The summed E-state index contributed by atoms with van der Waals surface area (Å²) in [5.74, 6) is 1.78. The molecule has 0 radical (unpaired) electrons. The summed E-state index contributed by atoms with van der Waals surface area (Å²) in [6, 6.07) is 0. The molecule has 0 aliphatic rings. The first kappa shape index (κ1) is 14.6. The molecule has 18 heavy (non-hydrogen) atoms. The highest BCUT2D eigenvalue weighted by Crippen LogP contribution is 2.25. The van der Waals surface area contributed by atoms with E-state index in [1.54, 1.807) is 0 Å². The van der Waals surface area contributed by atoms with Crippen LogP contribution in [0.25, 0.3) is 0 Å². The molecule has 0 amide bonds. The minimum atomic E-state index is -0.00251. The first-order valence-corrected chi connectivity index (χ1v) is 6.25. The highest BCUT2D eigenvalue weighted by Gasteiger charge is 2.24. The number of nitrogens with zero attached hydrogens (tertiary/aromatic N) is 3. The van der Waals surface area contributed by atoms with Gasteiger partial charge in [0.2, 0.25) is 0 Å². The van der Waals surface area contributed by atoms with Gasteiger partial charge in [0.05, 0.1) is 0 Å². The van der Waals surface area contributed by atoms with Crippen LogP contribution in [-0.2, 0) is 6.54 Å². The van der Waals surface area contributed by atoms with Gasteiger partial charge in [-0.15, -0.1) is 6.58 Å². The molecule has 0 aliphatic carbocycles. The molecule has 1 aromatic rings. The Bertz CT molecular complexity index is 407. The fourth-order valence-electron chi connectivity index (χ4n) is 1.84. The standard InChI is InChI=1S/C14H24N4/c1-7-8-18(14(3,4)5)13-12(9-15-6)10-16-11(2)17-13/h7,10,15H,1,8-9H2,2-6H3. The van der Waals surface area contributed by atoms with E-state index in [4.69, 9.17) is 0 Å². The van der Waals surface area contributed by atoms with Crippen LogP contribution in [-0.4, -0.2) is 29.1 Å². The van der Waals surface area contributed by atoms with Gasteiger partial charge in [-0.05, 0) is 34.7 Å². The first-order valence-electron chi connectivity index (χ1n) is 6.25. The van der Waals surface area contributed by atoms with Gasteiger partial charge in [0.1, 0.15) is 11.6 Å². The number of aryl methyl sites for hydroxylation is 1. The smallest absolute Gasteiger partial charge is 0.137 e. The molecule has 0 aromatic carbocycles. The number of rotatable bonds is 5. The summed E-state index contributed by atoms with van der Waals surface area (Å²) in [6.07, 6.45) is 3.81. The molecule has 1 heterocycles. The zero-order valence-corrected chi connectivity index (χ0v) is 12.1. The number of nitrogens with one attached hydrogen (secondary N) is 1. The number of aromatic nitrogens is 2. The van der Waals surface area contributed by atoms with Gasteiger partial charge in [-0.3, -0.25) is 0 Å². The average molecular weight is 248 g/mol. The molecule has 0 spiro atoms. The van der Waals surface area contributed by atoms with Crippen LogP contribution in [0.1, 0.15) is 32.2 Å². The predicted octanol–water partition coefficient (Wildman–Crippen LogP) is 2.30. The van der Waals surface area contributed by atoms with Crippen molar-refractivity contribution in [2.75, 3.05) is 18.5 Å². The second-order valence-electron chi connectivity index (χ2n) is 5.37. The van der Waals surface area contributed by atoms with E-state index in [0.717, 1.165) is 30.3 Å². The minimum absolute atomic E-state index is 0.00251. The zero-order chi connectivity index (χ0) is 13.8. The first-order chi connectivity index (χ1) is 8.40. The second kappa shape index (κ2) is 5.96. The van der Waals surface area contributed by atoms with Crippen molar-refractivity contribution in [2.24, 2.45) is 0 Å². The van der Waals surface area contributed by atoms with Crippen molar-refractivity contribution < 1.29 is 0 Å². The summed E-state index contributed by atoms with van der Waals surface area (Å²) in [6.45, 7) is 13.8. The Balaban J connectivity index is 3.24. The number of anilines is 1. The van der Waals surface area contributed by atoms with Gasteiger partial charge in [-0.1, -0.05) is 6.08 Å².